The predicted octanol–water partition coefficient (Wildman–Crippen LogP) is 5.15. The fourth-order valence-electron chi connectivity index (χ4n) is 3.19. The van der Waals surface area contributed by atoms with Gasteiger partial charge in [0, 0.05) is 16.5 Å². The van der Waals surface area contributed by atoms with Gasteiger partial charge in [-0.05, 0) is 25.1 Å². The number of benzene rings is 3. The van der Waals surface area contributed by atoms with Gasteiger partial charge in [0.05, 0.1) is 11.6 Å². The Bertz CT molecular complexity index is 1110. The maximum Gasteiger partial charge on any atom is 0.252 e. The standard InChI is InChI=1S/C24H19NO3/c1-16(22-15-18-11-5-8-14-21(18)28-22)25-24(27)20-13-7-6-12-19(20)23(26)17-9-3-2-4-10-17/h2-16H,1H3,(H,25,27). The minimum Gasteiger partial charge on any atom is -0.459 e. The van der Waals surface area contributed by atoms with E-state index < -0.39 is 0 Å². The minimum absolute atomic E-state index is 0.178. The Labute approximate surface area is 162 Å². The molecule has 0 aliphatic carbocycles. The van der Waals surface area contributed by atoms with E-state index in [1.165, 1.54) is 0 Å². The molecule has 1 amide bonds. The Hall–Kier alpha value is -3.66. The second-order valence-corrected chi connectivity index (χ2v) is 6.62. The van der Waals surface area contributed by atoms with Crippen LogP contribution in [0.3, 0.4) is 0 Å². The second kappa shape index (κ2) is 7.53. The first-order valence-corrected chi connectivity index (χ1v) is 9.11. The number of carbonyl (C=O) groups is 2. The van der Waals surface area contributed by atoms with Gasteiger partial charge in [-0.2, -0.15) is 0 Å². The lowest BCUT2D eigenvalue weighted by atomic mass is 9.97. The third-order valence-corrected chi connectivity index (χ3v) is 4.67. The molecule has 1 unspecified atom stereocenters. The van der Waals surface area contributed by atoms with Crippen molar-refractivity contribution in [2.45, 2.75) is 13.0 Å². The summed E-state index contributed by atoms with van der Waals surface area (Å²) in [4.78, 5) is 25.7. The van der Waals surface area contributed by atoms with E-state index in [0.29, 0.717) is 22.5 Å². The Kier molecular flexibility index (Phi) is 4.77. The summed E-state index contributed by atoms with van der Waals surface area (Å²) >= 11 is 0. The van der Waals surface area contributed by atoms with Gasteiger partial charge < -0.3 is 9.73 Å². The van der Waals surface area contributed by atoms with E-state index in [1.54, 1.807) is 48.5 Å². The second-order valence-electron chi connectivity index (χ2n) is 6.62. The summed E-state index contributed by atoms with van der Waals surface area (Å²) in [6.07, 6.45) is 0. The van der Waals surface area contributed by atoms with Gasteiger partial charge in [0.15, 0.2) is 5.78 Å². The number of amides is 1. The van der Waals surface area contributed by atoms with E-state index in [4.69, 9.17) is 4.42 Å². The molecule has 1 atom stereocenters. The van der Waals surface area contributed by atoms with Gasteiger partial charge in [-0.25, -0.2) is 0 Å². The first kappa shape index (κ1) is 17.7. The molecule has 4 aromatic rings. The van der Waals surface area contributed by atoms with Crippen LogP contribution < -0.4 is 5.32 Å². The summed E-state index contributed by atoms with van der Waals surface area (Å²) in [7, 11) is 0. The van der Waals surface area contributed by atoms with Crippen LogP contribution in [0, 0.1) is 0 Å². The maximum atomic E-state index is 12.9. The molecule has 3 aromatic carbocycles. The Morgan fingerprint density at radius 2 is 1.46 bits per heavy atom. The predicted molar refractivity (Wildman–Crippen MR) is 108 cm³/mol. The number of hydrogen-bond donors (Lipinski definition) is 1. The highest BCUT2D eigenvalue weighted by Gasteiger charge is 2.20. The fourth-order valence-corrected chi connectivity index (χ4v) is 3.19. The molecule has 4 heteroatoms. The van der Waals surface area contributed by atoms with Crippen molar-refractivity contribution < 1.29 is 14.0 Å². The van der Waals surface area contributed by atoms with E-state index >= 15 is 0 Å². The Morgan fingerprint density at radius 3 is 2.21 bits per heavy atom. The van der Waals surface area contributed by atoms with E-state index in [-0.39, 0.29) is 17.7 Å². The van der Waals surface area contributed by atoms with Crippen LogP contribution in [0.4, 0.5) is 0 Å². The van der Waals surface area contributed by atoms with Crippen molar-refractivity contribution in [3.63, 3.8) is 0 Å². The summed E-state index contributed by atoms with van der Waals surface area (Å²) < 4.78 is 5.83. The summed E-state index contributed by atoms with van der Waals surface area (Å²) in [5.74, 6) is 0.178. The highest BCUT2D eigenvalue weighted by molar-refractivity contribution is 6.15. The molecule has 0 spiro atoms. The normalized spacial score (nSPS) is 11.9. The average Bonchev–Trinajstić information content (AvgIpc) is 3.18. The average molecular weight is 369 g/mol. The molecule has 28 heavy (non-hydrogen) atoms. The van der Waals surface area contributed by atoms with Crippen LogP contribution in [0.25, 0.3) is 11.0 Å². The van der Waals surface area contributed by atoms with E-state index in [2.05, 4.69) is 5.32 Å². The molecule has 4 nitrogen and oxygen atoms in total. The van der Waals surface area contributed by atoms with Crippen LogP contribution in [0.15, 0.2) is 89.3 Å². The van der Waals surface area contributed by atoms with Crippen LogP contribution >= 0.6 is 0 Å². The summed E-state index contributed by atoms with van der Waals surface area (Å²) in [6, 6.07) is 25.1. The molecule has 0 radical (unpaired) electrons. The van der Waals surface area contributed by atoms with Crippen molar-refractivity contribution in [2.75, 3.05) is 0 Å². The number of ketones is 1. The van der Waals surface area contributed by atoms with Crippen molar-refractivity contribution in [2.24, 2.45) is 0 Å². The van der Waals surface area contributed by atoms with E-state index in [9.17, 15) is 9.59 Å². The molecule has 1 N–H and O–H groups in total. The molecule has 4 rings (SSSR count). The topological polar surface area (TPSA) is 59.3 Å². The molecule has 0 bridgehead atoms. The highest BCUT2D eigenvalue weighted by atomic mass is 16.3. The van der Waals surface area contributed by atoms with Crippen molar-refractivity contribution in [1.29, 1.82) is 0 Å². The number of hydrogen-bond acceptors (Lipinski definition) is 3. The zero-order chi connectivity index (χ0) is 19.5. The van der Waals surface area contributed by atoms with Crippen molar-refractivity contribution in [3.8, 4) is 0 Å². The lowest BCUT2D eigenvalue weighted by molar-refractivity contribution is 0.0926. The van der Waals surface area contributed by atoms with Gasteiger partial charge in [-0.15, -0.1) is 0 Å². The molecule has 1 heterocycles. The molecule has 1 aromatic heterocycles. The van der Waals surface area contributed by atoms with Crippen molar-refractivity contribution >= 4 is 22.7 Å². The molecular formula is C24H19NO3. The van der Waals surface area contributed by atoms with Gasteiger partial charge in [0.2, 0.25) is 0 Å². The smallest absolute Gasteiger partial charge is 0.252 e. The van der Waals surface area contributed by atoms with Crippen LogP contribution in [0.2, 0.25) is 0 Å². The zero-order valence-electron chi connectivity index (χ0n) is 15.4. The van der Waals surface area contributed by atoms with Crippen molar-refractivity contribution in [3.05, 3.63) is 107 Å². The maximum absolute atomic E-state index is 12.9. The Morgan fingerprint density at radius 1 is 0.821 bits per heavy atom. The van der Waals surface area contributed by atoms with E-state index in [0.717, 1.165) is 11.0 Å². The van der Waals surface area contributed by atoms with Crippen molar-refractivity contribution in [1.82, 2.24) is 5.32 Å². The van der Waals surface area contributed by atoms with Crippen LogP contribution in [-0.2, 0) is 0 Å². The number of rotatable bonds is 5. The number of carbonyl (C=O) groups excluding carboxylic acids is 2. The van der Waals surface area contributed by atoms with Gasteiger partial charge >= 0.3 is 0 Å². The molecule has 0 saturated heterocycles. The molecule has 0 fully saturated rings. The lowest BCUT2D eigenvalue weighted by Crippen LogP contribution is -2.28. The summed E-state index contributed by atoms with van der Waals surface area (Å²) in [5, 5.41) is 3.92. The first-order chi connectivity index (χ1) is 13.6. The minimum atomic E-state index is -0.334. The SMILES string of the molecule is CC(NC(=O)c1ccccc1C(=O)c1ccccc1)c1cc2ccccc2o1. The third kappa shape index (κ3) is 3.45. The molecule has 0 aliphatic rings. The van der Waals surface area contributed by atoms with Crippen LogP contribution in [0.5, 0.6) is 0 Å². The quantitative estimate of drug-likeness (QED) is 0.495. The number of nitrogens with one attached hydrogen (secondary N) is 1. The third-order valence-electron chi connectivity index (χ3n) is 4.67. The lowest BCUT2D eigenvalue weighted by Gasteiger charge is -2.13. The van der Waals surface area contributed by atoms with E-state index in [1.807, 2.05) is 43.3 Å². The van der Waals surface area contributed by atoms with Gasteiger partial charge in [-0.3, -0.25) is 9.59 Å². The number of furan rings is 1. The Balaban J connectivity index is 1.59. The van der Waals surface area contributed by atoms with Gasteiger partial charge in [0.1, 0.15) is 11.3 Å². The molecule has 0 aliphatic heterocycles. The largest absolute Gasteiger partial charge is 0.459 e. The monoisotopic (exact) mass is 369 g/mol. The van der Waals surface area contributed by atoms with Crippen LogP contribution in [-0.4, -0.2) is 11.7 Å². The van der Waals surface area contributed by atoms with Gasteiger partial charge in [0.25, 0.3) is 5.91 Å². The molecule has 138 valence electrons. The zero-order valence-corrected chi connectivity index (χ0v) is 15.4. The van der Waals surface area contributed by atoms with Gasteiger partial charge in [-0.1, -0.05) is 66.7 Å². The molecular weight excluding hydrogens is 350 g/mol. The number of para-hydroxylation sites is 1. The first-order valence-electron chi connectivity index (χ1n) is 9.11. The fraction of sp³-hybridized carbons (Fsp3) is 0.0833. The number of fused-ring (bicyclic) bond motifs is 1. The summed E-state index contributed by atoms with van der Waals surface area (Å²) in [6.45, 7) is 1.86. The van der Waals surface area contributed by atoms with Crippen LogP contribution in [0.1, 0.15) is 45.0 Å². The summed E-state index contributed by atoms with van der Waals surface area (Å²) in [5.41, 5.74) is 2.05. The highest BCUT2D eigenvalue weighted by Crippen LogP contribution is 2.24. The molecule has 0 saturated carbocycles.